The maximum Gasteiger partial charge on any atom is 0.000754 e. The molecule has 2 N–H and O–H groups in total. The highest BCUT2D eigenvalue weighted by atomic mass is 14.5. The zero-order valence-corrected chi connectivity index (χ0v) is 4.78. The van der Waals surface area contributed by atoms with Crippen molar-refractivity contribution in [3.05, 3.63) is 18.7 Å². The molecule has 0 aliphatic carbocycles. The molecule has 0 aromatic carbocycles. The molecule has 0 aromatic heterocycles. The van der Waals surface area contributed by atoms with Gasteiger partial charge in [-0.25, -0.2) is 0 Å². The van der Waals surface area contributed by atoms with Gasteiger partial charge in [-0.3, -0.25) is 0 Å². The molecule has 41 valence electrons. The molecule has 0 rings (SSSR count). The number of rotatable bonds is 3. The minimum atomic E-state index is 0.776. The fraction of sp³-hybridized carbons (Fsp3) is 0.500. The van der Waals surface area contributed by atoms with Gasteiger partial charge in [0, 0.05) is 5.70 Å². The van der Waals surface area contributed by atoms with E-state index in [9.17, 15) is 0 Å². The number of allylic oxidation sites excluding steroid dienone is 1. The molecule has 0 amide bonds. The van der Waals surface area contributed by atoms with Crippen molar-refractivity contribution in [1.29, 1.82) is 0 Å². The fourth-order valence-electron chi connectivity index (χ4n) is 0.330. The molecule has 1 heteroatoms. The second-order valence-electron chi connectivity index (χ2n) is 1.61. The van der Waals surface area contributed by atoms with Crippen LogP contribution in [0.3, 0.4) is 0 Å². The second-order valence-corrected chi connectivity index (χ2v) is 1.61. The van der Waals surface area contributed by atoms with Gasteiger partial charge in [-0.05, 0) is 19.3 Å². The lowest BCUT2D eigenvalue weighted by Crippen LogP contribution is -1.92. The summed E-state index contributed by atoms with van der Waals surface area (Å²) in [6, 6.07) is 0. The smallest absolute Gasteiger partial charge is 0.000754 e. The van der Waals surface area contributed by atoms with Crippen LogP contribution in [0, 0.1) is 6.42 Å². The molecule has 0 aromatic rings. The van der Waals surface area contributed by atoms with E-state index in [4.69, 9.17) is 5.73 Å². The third-order valence-electron chi connectivity index (χ3n) is 0.754. The Labute approximate surface area is 45.2 Å². The van der Waals surface area contributed by atoms with Crippen LogP contribution in [0.2, 0.25) is 0 Å². The first-order valence-corrected chi connectivity index (χ1v) is 2.48. The maximum atomic E-state index is 5.26. The summed E-state index contributed by atoms with van der Waals surface area (Å²) in [7, 11) is 0. The average molecular weight is 98.2 g/mol. The normalized spacial score (nSPS) is 8.71. The Morgan fingerprint density at radius 2 is 2.43 bits per heavy atom. The first-order valence-electron chi connectivity index (χ1n) is 2.48. The standard InChI is InChI=1S/C6H12N/c1-3-4-5-6(2)7/h3H,2,4-5,7H2,1H3. The summed E-state index contributed by atoms with van der Waals surface area (Å²) in [5, 5.41) is 0. The molecule has 0 spiro atoms. The van der Waals surface area contributed by atoms with Gasteiger partial charge in [0.2, 0.25) is 0 Å². The maximum absolute atomic E-state index is 5.26. The van der Waals surface area contributed by atoms with Gasteiger partial charge in [-0.1, -0.05) is 13.5 Å². The molecule has 7 heavy (non-hydrogen) atoms. The Kier molecular flexibility index (Phi) is 3.48. The van der Waals surface area contributed by atoms with Crippen molar-refractivity contribution in [2.45, 2.75) is 19.8 Å². The topological polar surface area (TPSA) is 26.0 Å². The molecule has 0 aliphatic heterocycles. The van der Waals surface area contributed by atoms with Crippen molar-refractivity contribution in [1.82, 2.24) is 0 Å². The van der Waals surface area contributed by atoms with Crippen LogP contribution < -0.4 is 5.73 Å². The second kappa shape index (κ2) is 3.72. The van der Waals surface area contributed by atoms with E-state index in [-0.39, 0.29) is 0 Å². The van der Waals surface area contributed by atoms with Crippen LogP contribution in [0.15, 0.2) is 12.3 Å². The summed E-state index contributed by atoms with van der Waals surface area (Å²) in [5.41, 5.74) is 6.04. The summed E-state index contributed by atoms with van der Waals surface area (Å²) in [6.07, 6.45) is 4.06. The van der Waals surface area contributed by atoms with Crippen LogP contribution in [0.4, 0.5) is 0 Å². The highest BCUT2D eigenvalue weighted by Crippen LogP contribution is 1.95. The van der Waals surface area contributed by atoms with E-state index in [1.54, 1.807) is 0 Å². The third-order valence-corrected chi connectivity index (χ3v) is 0.754. The summed E-state index contributed by atoms with van der Waals surface area (Å²) in [4.78, 5) is 0. The van der Waals surface area contributed by atoms with Gasteiger partial charge in [0.05, 0.1) is 0 Å². The molecule has 0 atom stereocenters. The molecular formula is C6H12N. The van der Waals surface area contributed by atoms with Crippen LogP contribution in [-0.4, -0.2) is 0 Å². The fourth-order valence-corrected chi connectivity index (χ4v) is 0.330. The monoisotopic (exact) mass is 98.1 g/mol. The van der Waals surface area contributed by atoms with E-state index >= 15 is 0 Å². The Morgan fingerprint density at radius 3 is 2.57 bits per heavy atom. The summed E-state index contributed by atoms with van der Waals surface area (Å²) in [6.45, 7) is 5.57. The Hall–Kier alpha value is -0.460. The first-order chi connectivity index (χ1) is 3.27. The largest absolute Gasteiger partial charge is 0.403 e. The minimum Gasteiger partial charge on any atom is -0.403 e. The van der Waals surface area contributed by atoms with Gasteiger partial charge in [0.25, 0.3) is 0 Å². The van der Waals surface area contributed by atoms with E-state index in [0.29, 0.717) is 0 Å². The van der Waals surface area contributed by atoms with E-state index in [1.807, 2.05) is 6.92 Å². The van der Waals surface area contributed by atoms with Crippen molar-refractivity contribution in [2.24, 2.45) is 5.73 Å². The number of hydrogen-bond donors (Lipinski definition) is 1. The van der Waals surface area contributed by atoms with E-state index < -0.39 is 0 Å². The lowest BCUT2D eigenvalue weighted by atomic mass is 10.2. The molecular weight excluding hydrogens is 86.1 g/mol. The first kappa shape index (κ1) is 6.54. The van der Waals surface area contributed by atoms with E-state index in [2.05, 4.69) is 13.0 Å². The van der Waals surface area contributed by atoms with Crippen LogP contribution in [0.5, 0.6) is 0 Å². The molecule has 0 bridgehead atoms. The van der Waals surface area contributed by atoms with Crippen molar-refractivity contribution < 1.29 is 0 Å². The van der Waals surface area contributed by atoms with Gasteiger partial charge in [-0.15, -0.1) is 0 Å². The number of unbranched alkanes of at least 4 members (excludes halogenated alkanes) is 1. The molecule has 0 aliphatic rings. The Morgan fingerprint density at radius 1 is 1.86 bits per heavy atom. The van der Waals surface area contributed by atoms with Gasteiger partial charge in [-0.2, -0.15) is 0 Å². The molecule has 0 saturated heterocycles. The van der Waals surface area contributed by atoms with Crippen LogP contribution >= 0.6 is 0 Å². The van der Waals surface area contributed by atoms with Crippen LogP contribution in [-0.2, 0) is 0 Å². The molecule has 1 nitrogen and oxygen atoms in total. The summed E-state index contributed by atoms with van der Waals surface area (Å²) >= 11 is 0. The van der Waals surface area contributed by atoms with Crippen LogP contribution in [0.25, 0.3) is 0 Å². The predicted molar refractivity (Wildman–Crippen MR) is 32.5 cm³/mol. The van der Waals surface area contributed by atoms with Gasteiger partial charge < -0.3 is 5.73 Å². The zero-order valence-electron chi connectivity index (χ0n) is 4.78. The number of hydrogen-bond acceptors (Lipinski definition) is 1. The average Bonchev–Trinajstić information content (AvgIpc) is 1.61. The summed E-state index contributed by atoms with van der Waals surface area (Å²) in [5.74, 6) is 0. The highest BCUT2D eigenvalue weighted by molar-refractivity contribution is 4.86. The third kappa shape index (κ3) is 5.54. The lowest BCUT2D eigenvalue weighted by molar-refractivity contribution is 0.911. The van der Waals surface area contributed by atoms with Gasteiger partial charge in [0.1, 0.15) is 0 Å². The Balaban J connectivity index is 2.82. The minimum absolute atomic E-state index is 0.776. The van der Waals surface area contributed by atoms with Crippen molar-refractivity contribution in [3.63, 3.8) is 0 Å². The zero-order chi connectivity index (χ0) is 5.70. The molecule has 0 heterocycles. The number of nitrogens with two attached hydrogens (primary N) is 1. The summed E-state index contributed by atoms with van der Waals surface area (Å²) < 4.78 is 0. The molecule has 0 fully saturated rings. The van der Waals surface area contributed by atoms with E-state index in [1.165, 1.54) is 0 Å². The van der Waals surface area contributed by atoms with E-state index in [0.717, 1.165) is 18.5 Å². The van der Waals surface area contributed by atoms with Crippen molar-refractivity contribution >= 4 is 0 Å². The lowest BCUT2D eigenvalue weighted by Gasteiger charge is -1.92. The quantitative estimate of drug-likeness (QED) is 0.568. The highest BCUT2D eigenvalue weighted by Gasteiger charge is 1.81. The van der Waals surface area contributed by atoms with Crippen LogP contribution in [0.1, 0.15) is 19.8 Å². The molecule has 0 unspecified atom stereocenters. The predicted octanol–water partition coefficient (Wildman–Crippen LogP) is 1.46. The Bertz CT molecular complexity index is 57.2. The molecule has 1 radical (unpaired) electrons. The van der Waals surface area contributed by atoms with Crippen molar-refractivity contribution in [2.75, 3.05) is 0 Å². The SMILES string of the molecule is C=C(N)CC[CH]C. The molecule has 0 saturated carbocycles. The van der Waals surface area contributed by atoms with Crippen molar-refractivity contribution in [3.8, 4) is 0 Å². The van der Waals surface area contributed by atoms with Gasteiger partial charge in [0.15, 0.2) is 0 Å². The van der Waals surface area contributed by atoms with Gasteiger partial charge >= 0.3 is 0 Å².